The van der Waals surface area contributed by atoms with Gasteiger partial charge in [-0.3, -0.25) is 4.84 Å². The summed E-state index contributed by atoms with van der Waals surface area (Å²) in [4.78, 5) is 15.4. The second-order valence-corrected chi connectivity index (χ2v) is 3.24. The van der Waals surface area contributed by atoms with Crippen molar-refractivity contribution >= 4 is 6.03 Å². The highest BCUT2D eigenvalue weighted by molar-refractivity contribution is 5.73. The molecule has 0 spiro atoms. The van der Waals surface area contributed by atoms with Crippen LogP contribution < -0.4 is 10.8 Å². The maximum atomic E-state index is 11.0. The summed E-state index contributed by atoms with van der Waals surface area (Å²) in [5.41, 5.74) is 2.15. The Balaban J connectivity index is 2.29. The molecule has 13 heavy (non-hydrogen) atoms. The Morgan fingerprint density at radius 1 is 1.46 bits per heavy atom. The first-order chi connectivity index (χ1) is 6.24. The maximum Gasteiger partial charge on any atom is 0.339 e. The first-order valence-electron chi connectivity index (χ1n) is 4.51. The molecule has 0 aromatic rings. The number of aliphatic hydroxyl groups excluding tert-OH is 1. The molecular weight excluding hydrogens is 172 g/mol. The van der Waals surface area contributed by atoms with E-state index in [-0.39, 0.29) is 6.04 Å². The molecule has 0 saturated heterocycles. The first kappa shape index (κ1) is 10.3. The van der Waals surface area contributed by atoms with Crippen molar-refractivity contribution in [3.63, 3.8) is 0 Å². The molecule has 5 heteroatoms. The summed E-state index contributed by atoms with van der Waals surface area (Å²) < 4.78 is 0. The van der Waals surface area contributed by atoms with Gasteiger partial charge in [0.2, 0.25) is 0 Å². The second kappa shape index (κ2) is 5.04. The van der Waals surface area contributed by atoms with E-state index >= 15 is 0 Å². The third-order valence-electron chi connectivity index (χ3n) is 2.24. The number of amides is 2. The SMILES string of the molecule is CONC(=O)N[C@@H]1CCCC[C@H]1O. The molecule has 2 atom stereocenters. The molecule has 2 amide bonds. The van der Waals surface area contributed by atoms with Gasteiger partial charge < -0.3 is 10.4 Å². The van der Waals surface area contributed by atoms with Gasteiger partial charge in [-0.15, -0.1) is 0 Å². The molecule has 1 aliphatic rings. The van der Waals surface area contributed by atoms with E-state index in [9.17, 15) is 9.90 Å². The van der Waals surface area contributed by atoms with Crippen LogP contribution in [0.5, 0.6) is 0 Å². The average Bonchev–Trinajstić information content (AvgIpc) is 2.09. The predicted molar refractivity (Wildman–Crippen MR) is 46.9 cm³/mol. The first-order valence-corrected chi connectivity index (χ1v) is 4.51. The highest BCUT2D eigenvalue weighted by Crippen LogP contribution is 2.17. The van der Waals surface area contributed by atoms with E-state index in [0.29, 0.717) is 0 Å². The minimum absolute atomic E-state index is 0.135. The van der Waals surface area contributed by atoms with Gasteiger partial charge in [-0.25, -0.2) is 10.3 Å². The molecule has 1 aliphatic carbocycles. The van der Waals surface area contributed by atoms with Crippen LogP contribution in [0, 0.1) is 0 Å². The Hall–Kier alpha value is -0.810. The Kier molecular flexibility index (Phi) is 3.98. The number of aliphatic hydroxyl groups is 1. The Morgan fingerprint density at radius 3 is 2.77 bits per heavy atom. The van der Waals surface area contributed by atoms with E-state index in [2.05, 4.69) is 15.6 Å². The third-order valence-corrected chi connectivity index (χ3v) is 2.24. The lowest BCUT2D eigenvalue weighted by atomic mass is 9.93. The molecule has 1 rings (SSSR count). The number of hydroxylamine groups is 1. The van der Waals surface area contributed by atoms with Crippen LogP contribution in [0.15, 0.2) is 0 Å². The topological polar surface area (TPSA) is 70.6 Å². The van der Waals surface area contributed by atoms with E-state index in [0.717, 1.165) is 25.7 Å². The van der Waals surface area contributed by atoms with Gasteiger partial charge in [-0.05, 0) is 12.8 Å². The summed E-state index contributed by atoms with van der Waals surface area (Å²) in [5, 5.41) is 12.1. The van der Waals surface area contributed by atoms with Crippen LogP contribution in [0.2, 0.25) is 0 Å². The van der Waals surface area contributed by atoms with Gasteiger partial charge >= 0.3 is 6.03 Å². The highest BCUT2D eigenvalue weighted by atomic mass is 16.6. The Bertz CT molecular complexity index is 175. The number of hydrogen-bond donors (Lipinski definition) is 3. The summed E-state index contributed by atoms with van der Waals surface area (Å²) in [5.74, 6) is 0. The largest absolute Gasteiger partial charge is 0.391 e. The summed E-state index contributed by atoms with van der Waals surface area (Å²) >= 11 is 0. The van der Waals surface area contributed by atoms with Gasteiger partial charge in [0.25, 0.3) is 0 Å². The van der Waals surface area contributed by atoms with Crippen LogP contribution >= 0.6 is 0 Å². The maximum absolute atomic E-state index is 11.0. The number of hydrogen-bond acceptors (Lipinski definition) is 3. The number of rotatable bonds is 2. The van der Waals surface area contributed by atoms with Crippen molar-refractivity contribution in [1.29, 1.82) is 0 Å². The van der Waals surface area contributed by atoms with Crippen LogP contribution in [-0.4, -0.2) is 30.4 Å². The van der Waals surface area contributed by atoms with Crippen LogP contribution in [0.1, 0.15) is 25.7 Å². The minimum atomic E-state index is -0.420. The molecule has 1 fully saturated rings. The molecule has 0 heterocycles. The van der Waals surface area contributed by atoms with Crippen molar-refractivity contribution in [3.8, 4) is 0 Å². The fourth-order valence-corrected chi connectivity index (χ4v) is 1.57. The molecule has 0 aromatic heterocycles. The van der Waals surface area contributed by atoms with Crippen molar-refractivity contribution in [1.82, 2.24) is 10.8 Å². The minimum Gasteiger partial charge on any atom is -0.391 e. The summed E-state index contributed by atoms with van der Waals surface area (Å²) in [7, 11) is 1.37. The van der Waals surface area contributed by atoms with Crippen molar-refractivity contribution < 1.29 is 14.7 Å². The summed E-state index contributed by atoms with van der Waals surface area (Å²) in [6.45, 7) is 0. The smallest absolute Gasteiger partial charge is 0.339 e. The molecular formula is C8H16N2O3. The van der Waals surface area contributed by atoms with Gasteiger partial charge in [-0.2, -0.15) is 0 Å². The normalized spacial score (nSPS) is 28.2. The molecule has 0 aliphatic heterocycles. The van der Waals surface area contributed by atoms with E-state index in [4.69, 9.17) is 0 Å². The van der Waals surface area contributed by atoms with Crippen molar-refractivity contribution in [3.05, 3.63) is 0 Å². The van der Waals surface area contributed by atoms with Gasteiger partial charge in [0.05, 0.1) is 19.3 Å². The van der Waals surface area contributed by atoms with Gasteiger partial charge in [0.1, 0.15) is 0 Å². The Morgan fingerprint density at radius 2 is 2.15 bits per heavy atom. The lowest BCUT2D eigenvalue weighted by molar-refractivity contribution is 0.0775. The average molecular weight is 188 g/mol. The molecule has 1 saturated carbocycles. The van der Waals surface area contributed by atoms with Crippen molar-refractivity contribution in [2.45, 2.75) is 37.8 Å². The molecule has 76 valence electrons. The van der Waals surface area contributed by atoms with Crippen molar-refractivity contribution in [2.24, 2.45) is 0 Å². The second-order valence-electron chi connectivity index (χ2n) is 3.24. The number of carbonyl (C=O) groups excluding carboxylic acids is 1. The number of nitrogens with one attached hydrogen (secondary N) is 2. The molecule has 0 bridgehead atoms. The molecule has 3 N–H and O–H groups in total. The number of urea groups is 1. The fourth-order valence-electron chi connectivity index (χ4n) is 1.57. The zero-order valence-electron chi connectivity index (χ0n) is 7.75. The standard InChI is InChI=1S/C8H16N2O3/c1-13-10-8(12)9-6-4-2-3-5-7(6)11/h6-7,11H,2-5H2,1H3,(H2,9,10,12)/t6-,7-/m1/s1. The zero-order chi connectivity index (χ0) is 9.68. The third kappa shape index (κ3) is 3.20. The lowest BCUT2D eigenvalue weighted by Crippen LogP contribution is -2.48. The van der Waals surface area contributed by atoms with Crippen LogP contribution in [0.3, 0.4) is 0 Å². The molecule has 0 radical (unpaired) electrons. The lowest BCUT2D eigenvalue weighted by Gasteiger charge is -2.27. The van der Waals surface area contributed by atoms with Crippen LogP contribution in [0.25, 0.3) is 0 Å². The van der Waals surface area contributed by atoms with E-state index < -0.39 is 12.1 Å². The molecule has 0 aromatic carbocycles. The van der Waals surface area contributed by atoms with E-state index in [1.54, 1.807) is 0 Å². The van der Waals surface area contributed by atoms with Crippen molar-refractivity contribution in [2.75, 3.05) is 7.11 Å². The monoisotopic (exact) mass is 188 g/mol. The molecule has 5 nitrogen and oxygen atoms in total. The fraction of sp³-hybridized carbons (Fsp3) is 0.875. The van der Waals surface area contributed by atoms with E-state index in [1.807, 2.05) is 0 Å². The predicted octanol–water partition coefficient (Wildman–Crippen LogP) is 0.150. The van der Waals surface area contributed by atoms with Gasteiger partial charge in [-0.1, -0.05) is 12.8 Å². The van der Waals surface area contributed by atoms with Crippen LogP contribution in [-0.2, 0) is 4.84 Å². The van der Waals surface area contributed by atoms with E-state index in [1.165, 1.54) is 7.11 Å². The molecule has 0 unspecified atom stereocenters. The quantitative estimate of drug-likeness (QED) is 0.540. The summed E-state index contributed by atoms with van der Waals surface area (Å²) in [6.07, 6.45) is 3.26. The zero-order valence-corrected chi connectivity index (χ0v) is 7.75. The number of carbonyl (C=O) groups is 1. The van der Waals surface area contributed by atoms with Crippen LogP contribution in [0.4, 0.5) is 4.79 Å². The van der Waals surface area contributed by atoms with Gasteiger partial charge in [0.15, 0.2) is 0 Å². The highest BCUT2D eigenvalue weighted by Gasteiger charge is 2.24. The Labute approximate surface area is 77.4 Å². The van der Waals surface area contributed by atoms with Gasteiger partial charge in [0, 0.05) is 0 Å². The summed E-state index contributed by atoms with van der Waals surface area (Å²) in [6, 6.07) is -0.530.